The predicted octanol–water partition coefficient (Wildman–Crippen LogP) is 5.16. The Morgan fingerprint density at radius 2 is 1.52 bits per heavy atom. The summed E-state index contributed by atoms with van der Waals surface area (Å²) in [7, 11) is 0. The Morgan fingerprint density at radius 1 is 0.774 bits per heavy atom. The van der Waals surface area contributed by atoms with E-state index in [1.54, 1.807) is 42.6 Å². The third kappa shape index (κ3) is 4.85. The Balaban J connectivity index is 1.43. The summed E-state index contributed by atoms with van der Waals surface area (Å²) < 4.78 is 0. The number of nitrogens with zero attached hydrogens (tertiary/aromatic N) is 1. The molecule has 5 heteroatoms. The summed E-state index contributed by atoms with van der Waals surface area (Å²) in [4.78, 5) is 24.9. The number of carbonyl (C=O) groups is 2. The van der Waals surface area contributed by atoms with Gasteiger partial charge >= 0.3 is 0 Å². The molecule has 0 saturated carbocycles. The number of anilines is 1. The fourth-order valence-corrected chi connectivity index (χ4v) is 3.23. The highest BCUT2D eigenvalue weighted by atomic mass is 16.2. The number of benzene rings is 4. The van der Waals surface area contributed by atoms with Crippen LogP contribution in [-0.2, 0) is 0 Å². The van der Waals surface area contributed by atoms with E-state index in [2.05, 4.69) is 15.8 Å². The van der Waals surface area contributed by atoms with E-state index in [0.29, 0.717) is 16.8 Å². The standard InChI is InChI=1S/C26H21N3O2/c1-18-12-14-20(15-13-18)25(30)28-23-10-5-8-21(16-23)26(31)29-27-17-22-9-4-7-19-6-2-3-11-24(19)22/h2-17H,1H3,(H,28,30)(H,29,31)/b27-17+. The molecule has 0 aliphatic heterocycles. The van der Waals surface area contributed by atoms with Crippen molar-refractivity contribution in [1.82, 2.24) is 5.43 Å². The van der Waals surface area contributed by atoms with Gasteiger partial charge in [-0.3, -0.25) is 9.59 Å². The number of amides is 2. The smallest absolute Gasteiger partial charge is 0.271 e. The second-order valence-electron chi connectivity index (χ2n) is 7.17. The third-order valence-electron chi connectivity index (χ3n) is 4.89. The highest BCUT2D eigenvalue weighted by Crippen LogP contribution is 2.17. The van der Waals surface area contributed by atoms with Crippen LogP contribution >= 0.6 is 0 Å². The molecule has 0 unspecified atom stereocenters. The van der Waals surface area contributed by atoms with Crippen LogP contribution in [0.4, 0.5) is 5.69 Å². The number of hydrazone groups is 1. The quantitative estimate of drug-likeness (QED) is 0.354. The summed E-state index contributed by atoms with van der Waals surface area (Å²) in [6.45, 7) is 1.96. The zero-order chi connectivity index (χ0) is 21.6. The summed E-state index contributed by atoms with van der Waals surface area (Å²) >= 11 is 0. The van der Waals surface area contributed by atoms with E-state index in [9.17, 15) is 9.59 Å². The van der Waals surface area contributed by atoms with E-state index in [1.807, 2.05) is 61.5 Å². The normalized spacial score (nSPS) is 10.9. The fraction of sp³-hybridized carbons (Fsp3) is 0.0385. The van der Waals surface area contributed by atoms with Gasteiger partial charge in [0.05, 0.1) is 6.21 Å². The van der Waals surface area contributed by atoms with Crippen molar-refractivity contribution >= 4 is 34.5 Å². The van der Waals surface area contributed by atoms with Gasteiger partial charge in [-0.25, -0.2) is 5.43 Å². The lowest BCUT2D eigenvalue weighted by atomic mass is 10.1. The molecular formula is C26H21N3O2. The van der Waals surface area contributed by atoms with Gasteiger partial charge in [-0.2, -0.15) is 5.10 Å². The summed E-state index contributed by atoms with van der Waals surface area (Å²) in [5, 5.41) is 9.09. The second-order valence-corrected chi connectivity index (χ2v) is 7.17. The molecule has 0 bridgehead atoms. The lowest BCUT2D eigenvalue weighted by Crippen LogP contribution is -2.18. The molecule has 5 nitrogen and oxygen atoms in total. The summed E-state index contributed by atoms with van der Waals surface area (Å²) in [6, 6.07) is 28.0. The van der Waals surface area contributed by atoms with Crippen LogP contribution in [0.3, 0.4) is 0 Å². The number of hydrogen-bond donors (Lipinski definition) is 2. The van der Waals surface area contributed by atoms with Crippen LogP contribution in [-0.4, -0.2) is 18.0 Å². The monoisotopic (exact) mass is 407 g/mol. The zero-order valence-corrected chi connectivity index (χ0v) is 17.0. The van der Waals surface area contributed by atoms with Gasteiger partial charge in [0.15, 0.2) is 0 Å². The van der Waals surface area contributed by atoms with Crippen molar-refractivity contribution in [3.63, 3.8) is 0 Å². The van der Waals surface area contributed by atoms with Gasteiger partial charge in [0.2, 0.25) is 0 Å². The van der Waals surface area contributed by atoms with E-state index < -0.39 is 0 Å². The van der Waals surface area contributed by atoms with E-state index >= 15 is 0 Å². The molecule has 0 spiro atoms. The molecule has 0 saturated heterocycles. The number of aryl methyl sites for hydroxylation is 1. The summed E-state index contributed by atoms with van der Waals surface area (Å²) in [5.74, 6) is -0.588. The highest BCUT2D eigenvalue weighted by molar-refractivity contribution is 6.05. The van der Waals surface area contributed by atoms with E-state index in [-0.39, 0.29) is 11.8 Å². The topological polar surface area (TPSA) is 70.6 Å². The molecule has 0 radical (unpaired) electrons. The second kappa shape index (κ2) is 9.05. The largest absolute Gasteiger partial charge is 0.322 e. The zero-order valence-electron chi connectivity index (χ0n) is 17.0. The Morgan fingerprint density at radius 3 is 2.35 bits per heavy atom. The number of fused-ring (bicyclic) bond motifs is 1. The van der Waals surface area contributed by atoms with Crippen LogP contribution in [0.15, 0.2) is 96.1 Å². The minimum absolute atomic E-state index is 0.230. The van der Waals surface area contributed by atoms with E-state index in [0.717, 1.165) is 21.9 Å². The average Bonchev–Trinajstić information content (AvgIpc) is 2.80. The minimum Gasteiger partial charge on any atom is -0.322 e. The van der Waals surface area contributed by atoms with Gasteiger partial charge in [-0.15, -0.1) is 0 Å². The van der Waals surface area contributed by atoms with Crippen LogP contribution in [0.5, 0.6) is 0 Å². The third-order valence-corrected chi connectivity index (χ3v) is 4.89. The SMILES string of the molecule is Cc1ccc(C(=O)Nc2cccc(C(=O)N/N=C/c3cccc4ccccc34)c2)cc1. The van der Waals surface area contributed by atoms with Gasteiger partial charge in [-0.05, 0) is 48.0 Å². The van der Waals surface area contributed by atoms with Crippen molar-refractivity contribution < 1.29 is 9.59 Å². The van der Waals surface area contributed by atoms with Gasteiger partial charge in [0.25, 0.3) is 11.8 Å². The molecule has 0 aliphatic rings. The molecule has 152 valence electrons. The number of nitrogens with one attached hydrogen (secondary N) is 2. The van der Waals surface area contributed by atoms with Crippen molar-refractivity contribution in [3.05, 3.63) is 113 Å². The molecule has 2 N–H and O–H groups in total. The van der Waals surface area contributed by atoms with Crippen molar-refractivity contribution in [2.45, 2.75) is 6.92 Å². The van der Waals surface area contributed by atoms with Gasteiger partial charge < -0.3 is 5.32 Å². The van der Waals surface area contributed by atoms with Crippen LogP contribution in [0.1, 0.15) is 31.8 Å². The van der Waals surface area contributed by atoms with Crippen LogP contribution in [0.25, 0.3) is 10.8 Å². The first-order chi connectivity index (χ1) is 15.1. The van der Waals surface area contributed by atoms with Crippen LogP contribution in [0, 0.1) is 6.92 Å². The highest BCUT2D eigenvalue weighted by Gasteiger charge is 2.09. The lowest BCUT2D eigenvalue weighted by molar-refractivity contribution is 0.0953. The molecule has 0 heterocycles. The van der Waals surface area contributed by atoms with Crippen molar-refractivity contribution in [2.24, 2.45) is 5.10 Å². The van der Waals surface area contributed by atoms with Crippen molar-refractivity contribution in [1.29, 1.82) is 0 Å². The van der Waals surface area contributed by atoms with Crippen LogP contribution in [0.2, 0.25) is 0 Å². The van der Waals surface area contributed by atoms with Crippen molar-refractivity contribution in [2.75, 3.05) is 5.32 Å². The van der Waals surface area contributed by atoms with E-state index in [4.69, 9.17) is 0 Å². The van der Waals surface area contributed by atoms with E-state index in [1.165, 1.54) is 0 Å². The lowest BCUT2D eigenvalue weighted by Gasteiger charge is -2.07. The molecule has 0 atom stereocenters. The Hall–Kier alpha value is -4.25. The summed E-state index contributed by atoms with van der Waals surface area (Å²) in [5.41, 5.74) is 6.04. The number of hydrogen-bond acceptors (Lipinski definition) is 3. The first-order valence-electron chi connectivity index (χ1n) is 9.89. The number of rotatable bonds is 5. The van der Waals surface area contributed by atoms with Gasteiger partial charge in [0, 0.05) is 22.4 Å². The summed E-state index contributed by atoms with van der Waals surface area (Å²) in [6.07, 6.45) is 1.63. The molecule has 31 heavy (non-hydrogen) atoms. The Labute approximate surface area is 180 Å². The minimum atomic E-state index is -0.358. The molecular weight excluding hydrogens is 386 g/mol. The molecule has 0 aliphatic carbocycles. The maximum Gasteiger partial charge on any atom is 0.271 e. The van der Waals surface area contributed by atoms with Crippen LogP contribution < -0.4 is 10.7 Å². The maximum atomic E-state index is 12.5. The van der Waals surface area contributed by atoms with Crippen molar-refractivity contribution in [3.8, 4) is 0 Å². The molecule has 4 aromatic carbocycles. The Kier molecular flexibility index (Phi) is 5.85. The first-order valence-corrected chi connectivity index (χ1v) is 9.89. The fourth-order valence-electron chi connectivity index (χ4n) is 3.23. The average molecular weight is 407 g/mol. The van der Waals surface area contributed by atoms with Gasteiger partial charge in [-0.1, -0.05) is 66.2 Å². The maximum absolute atomic E-state index is 12.5. The molecule has 0 fully saturated rings. The molecule has 0 aromatic heterocycles. The molecule has 2 amide bonds. The van der Waals surface area contributed by atoms with Gasteiger partial charge in [0.1, 0.15) is 0 Å². The first kappa shape index (κ1) is 20.0. The Bertz CT molecular complexity index is 1270. The number of carbonyl (C=O) groups excluding carboxylic acids is 2. The molecule has 4 rings (SSSR count). The molecule has 4 aromatic rings. The predicted molar refractivity (Wildman–Crippen MR) is 125 cm³/mol.